The number of ether oxygens (including phenoxy) is 1. The van der Waals surface area contributed by atoms with E-state index in [2.05, 4.69) is 0 Å². The monoisotopic (exact) mass is 360 g/mol. The highest BCUT2D eigenvalue weighted by atomic mass is 16.5. The van der Waals surface area contributed by atoms with E-state index in [1.165, 1.54) is 17.2 Å². The number of fused-ring (bicyclic) bond motifs is 3. The van der Waals surface area contributed by atoms with Gasteiger partial charge in [0.1, 0.15) is 17.8 Å². The molecule has 1 aliphatic rings. The van der Waals surface area contributed by atoms with Crippen molar-refractivity contribution in [2.24, 2.45) is 0 Å². The third kappa shape index (κ3) is 2.81. The number of hydrogen-bond donors (Lipinski definition) is 0. The van der Waals surface area contributed by atoms with Gasteiger partial charge in [0.2, 0.25) is 5.76 Å². The summed E-state index contributed by atoms with van der Waals surface area (Å²) in [5.74, 6) is -0.418. The molecule has 1 aliphatic carbocycles. The standard InChI is InChI=1S/C22H16O5/c23-21-11-16(17-8-13-5-3-6-14(13)9-19(17)27-21)12-25-22(24)20-10-15-4-1-2-7-18(15)26-20/h1-2,4,7-11H,3,5-6,12H2. The molecule has 0 aliphatic heterocycles. The maximum atomic E-state index is 12.4. The van der Waals surface area contributed by atoms with Gasteiger partial charge in [0, 0.05) is 22.4 Å². The van der Waals surface area contributed by atoms with Crippen LogP contribution in [0.25, 0.3) is 21.9 Å². The van der Waals surface area contributed by atoms with Gasteiger partial charge in [-0.2, -0.15) is 0 Å². The molecule has 5 nitrogen and oxygen atoms in total. The highest BCUT2D eigenvalue weighted by Crippen LogP contribution is 2.29. The van der Waals surface area contributed by atoms with Crippen molar-refractivity contribution in [3.63, 3.8) is 0 Å². The van der Waals surface area contributed by atoms with E-state index in [1.807, 2.05) is 30.3 Å². The average Bonchev–Trinajstić information content (AvgIpc) is 3.30. The summed E-state index contributed by atoms with van der Waals surface area (Å²) in [6, 6.07) is 14.4. The predicted octanol–water partition coefficient (Wildman–Crippen LogP) is 4.38. The van der Waals surface area contributed by atoms with Crippen molar-refractivity contribution < 1.29 is 18.4 Å². The van der Waals surface area contributed by atoms with Crippen molar-refractivity contribution >= 4 is 27.9 Å². The number of para-hydroxylation sites is 1. The van der Waals surface area contributed by atoms with E-state index in [1.54, 1.807) is 12.1 Å². The molecule has 0 spiro atoms. The Balaban J connectivity index is 1.45. The number of hydrogen-bond acceptors (Lipinski definition) is 5. The highest BCUT2D eigenvalue weighted by molar-refractivity contribution is 5.92. The summed E-state index contributed by atoms with van der Waals surface area (Å²) in [7, 11) is 0. The van der Waals surface area contributed by atoms with Crippen molar-refractivity contribution in [2.45, 2.75) is 25.9 Å². The van der Waals surface area contributed by atoms with Crippen LogP contribution >= 0.6 is 0 Å². The Morgan fingerprint density at radius 1 is 0.963 bits per heavy atom. The molecule has 4 aromatic rings. The first-order chi connectivity index (χ1) is 13.2. The quantitative estimate of drug-likeness (QED) is 0.400. The summed E-state index contributed by atoms with van der Waals surface area (Å²) < 4.78 is 16.3. The van der Waals surface area contributed by atoms with Crippen LogP contribution in [0.15, 0.2) is 62.2 Å². The molecule has 2 aromatic heterocycles. The number of rotatable bonds is 3. The second kappa shape index (κ2) is 6.13. The molecule has 2 heterocycles. The summed E-state index contributed by atoms with van der Waals surface area (Å²) in [5.41, 5.74) is 3.85. The first-order valence-corrected chi connectivity index (χ1v) is 8.91. The second-order valence-corrected chi connectivity index (χ2v) is 6.79. The minimum atomic E-state index is -0.561. The smallest absolute Gasteiger partial charge is 0.374 e. The predicted molar refractivity (Wildman–Crippen MR) is 99.8 cm³/mol. The van der Waals surface area contributed by atoms with Crippen LogP contribution in [-0.2, 0) is 24.2 Å². The maximum absolute atomic E-state index is 12.4. The van der Waals surface area contributed by atoms with E-state index < -0.39 is 11.6 Å². The van der Waals surface area contributed by atoms with Crippen LogP contribution in [0.3, 0.4) is 0 Å². The maximum Gasteiger partial charge on any atom is 0.374 e. The summed E-state index contributed by atoms with van der Waals surface area (Å²) in [6.07, 6.45) is 3.12. The number of furan rings is 1. The minimum Gasteiger partial charge on any atom is -0.455 e. The van der Waals surface area contributed by atoms with E-state index in [0.717, 1.165) is 30.0 Å². The largest absolute Gasteiger partial charge is 0.455 e. The van der Waals surface area contributed by atoms with Crippen LogP contribution in [0, 0.1) is 0 Å². The van der Waals surface area contributed by atoms with Gasteiger partial charge in [-0.3, -0.25) is 0 Å². The lowest BCUT2D eigenvalue weighted by molar-refractivity contribution is 0.0440. The highest BCUT2D eigenvalue weighted by Gasteiger charge is 2.17. The van der Waals surface area contributed by atoms with Crippen molar-refractivity contribution in [1.29, 1.82) is 0 Å². The van der Waals surface area contributed by atoms with Gasteiger partial charge in [-0.25, -0.2) is 9.59 Å². The van der Waals surface area contributed by atoms with Crippen LogP contribution in [0.1, 0.15) is 33.7 Å². The molecule has 0 fully saturated rings. The van der Waals surface area contributed by atoms with Gasteiger partial charge < -0.3 is 13.6 Å². The normalized spacial score (nSPS) is 13.2. The van der Waals surface area contributed by atoms with E-state index in [4.69, 9.17) is 13.6 Å². The third-order valence-corrected chi connectivity index (χ3v) is 5.03. The molecule has 27 heavy (non-hydrogen) atoms. The van der Waals surface area contributed by atoms with Gasteiger partial charge in [0.25, 0.3) is 0 Å². The zero-order chi connectivity index (χ0) is 18.4. The van der Waals surface area contributed by atoms with Crippen LogP contribution in [0.4, 0.5) is 0 Å². The fourth-order valence-electron chi connectivity index (χ4n) is 3.71. The Bertz CT molecular complexity index is 1210. The van der Waals surface area contributed by atoms with Crippen LogP contribution in [-0.4, -0.2) is 5.97 Å². The number of aryl methyl sites for hydroxylation is 2. The second-order valence-electron chi connectivity index (χ2n) is 6.79. The zero-order valence-corrected chi connectivity index (χ0v) is 14.5. The van der Waals surface area contributed by atoms with Gasteiger partial charge in [-0.1, -0.05) is 18.2 Å². The topological polar surface area (TPSA) is 69.7 Å². The fraction of sp³-hybridized carbons (Fsp3) is 0.182. The molecule has 0 radical (unpaired) electrons. The van der Waals surface area contributed by atoms with Crippen molar-refractivity contribution in [1.82, 2.24) is 0 Å². The first-order valence-electron chi connectivity index (χ1n) is 8.91. The number of carbonyl (C=O) groups is 1. The van der Waals surface area contributed by atoms with E-state index in [9.17, 15) is 9.59 Å². The van der Waals surface area contributed by atoms with Gasteiger partial charge in [0.05, 0.1) is 0 Å². The zero-order valence-electron chi connectivity index (χ0n) is 14.5. The Morgan fingerprint density at radius 2 is 1.78 bits per heavy atom. The van der Waals surface area contributed by atoms with Crippen molar-refractivity contribution in [3.05, 3.63) is 81.4 Å². The average molecular weight is 360 g/mol. The molecule has 5 heteroatoms. The van der Waals surface area contributed by atoms with Gasteiger partial charge in [-0.05, 0) is 54.7 Å². The molecule has 0 saturated heterocycles. The number of esters is 1. The minimum absolute atomic E-state index is 0.0171. The molecular weight excluding hydrogens is 344 g/mol. The van der Waals surface area contributed by atoms with E-state index >= 15 is 0 Å². The summed E-state index contributed by atoms with van der Waals surface area (Å²) >= 11 is 0. The molecule has 0 amide bonds. The molecule has 134 valence electrons. The van der Waals surface area contributed by atoms with Gasteiger partial charge in [0.15, 0.2) is 0 Å². The molecule has 0 unspecified atom stereocenters. The van der Waals surface area contributed by atoms with Gasteiger partial charge in [-0.15, -0.1) is 0 Å². The lowest BCUT2D eigenvalue weighted by Crippen LogP contribution is -2.07. The lowest BCUT2D eigenvalue weighted by atomic mass is 10.0. The summed E-state index contributed by atoms with van der Waals surface area (Å²) in [6.45, 7) is -0.0171. The van der Waals surface area contributed by atoms with Crippen molar-refractivity contribution in [3.8, 4) is 0 Å². The number of benzene rings is 2. The fourth-order valence-corrected chi connectivity index (χ4v) is 3.71. The SMILES string of the molecule is O=C(OCc1cc(=O)oc2cc3c(cc12)CCC3)c1cc2ccccc2o1. The Kier molecular flexibility index (Phi) is 3.60. The summed E-state index contributed by atoms with van der Waals surface area (Å²) in [4.78, 5) is 24.3. The Hall–Kier alpha value is -3.34. The first kappa shape index (κ1) is 15.9. The molecule has 0 N–H and O–H groups in total. The number of carbonyl (C=O) groups excluding carboxylic acids is 1. The van der Waals surface area contributed by atoms with Crippen molar-refractivity contribution in [2.75, 3.05) is 0 Å². The van der Waals surface area contributed by atoms with Crippen LogP contribution < -0.4 is 5.63 Å². The molecule has 5 rings (SSSR count). The van der Waals surface area contributed by atoms with Crippen LogP contribution in [0.2, 0.25) is 0 Å². The molecular formula is C22H16O5. The Morgan fingerprint density at radius 3 is 2.63 bits per heavy atom. The van der Waals surface area contributed by atoms with E-state index in [-0.39, 0.29) is 12.4 Å². The Labute approximate surface area is 154 Å². The lowest BCUT2D eigenvalue weighted by Gasteiger charge is -2.08. The molecule has 0 bridgehead atoms. The van der Waals surface area contributed by atoms with E-state index in [0.29, 0.717) is 16.7 Å². The van der Waals surface area contributed by atoms with Crippen LogP contribution in [0.5, 0.6) is 0 Å². The third-order valence-electron chi connectivity index (χ3n) is 5.03. The molecule has 0 saturated carbocycles. The summed E-state index contributed by atoms with van der Waals surface area (Å²) in [5, 5.41) is 1.65. The van der Waals surface area contributed by atoms with Gasteiger partial charge >= 0.3 is 11.6 Å². The molecule has 2 aromatic carbocycles. The molecule has 0 atom stereocenters.